The quantitative estimate of drug-likeness (QED) is 0.650. The molecule has 0 fully saturated rings. The van der Waals surface area contributed by atoms with Crippen molar-refractivity contribution in [1.29, 1.82) is 0 Å². The largest absolute Gasteiger partial charge is 0.493 e. The summed E-state index contributed by atoms with van der Waals surface area (Å²) >= 11 is 0. The van der Waals surface area contributed by atoms with Crippen molar-refractivity contribution in [3.63, 3.8) is 0 Å². The third kappa shape index (κ3) is 5.05. The summed E-state index contributed by atoms with van der Waals surface area (Å²) in [5, 5.41) is 12.2. The van der Waals surface area contributed by atoms with Crippen molar-refractivity contribution in [2.45, 2.75) is 19.5 Å². The van der Waals surface area contributed by atoms with E-state index in [1.165, 1.54) is 0 Å². The van der Waals surface area contributed by atoms with Crippen LogP contribution in [0, 0.1) is 0 Å². The number of aromatic nitrogens is 2. The molecule has 2 N–H and O–H groups in total. The van der Waals surface area contributed by atoms with E-state index < -0.39 is 0 Å². The first kappa shape index (κ1) is 16.3. The Morgan fingerprint density at radius 2 is 2.23 bits per heavy atom. The van der Waals surface area contributed by atoms with Gasteiger partial charge in [0.15, 0.2) is 11.5 Å². The minimum atomic E-state index is -0.0105. The van der Waals surface area contributed by atoms with Gasteiger partial charge in [0.05, 0.1) is 20.0 Å². The van der Waals surface area contributed by atoms with E-state index >= 15 is 0 Å². The highest BCUT2D eigenvalue weighted by atomic mass is 16.5. The number of hydrogen-bond donors (Lipinski definition) is 2. The molecule has 0 atom stereocenters. The fourth-order valence-corrected chi connectivity index (χ4v) is 2.14. The van der Waals surface area contributed by atoms with Crippen molar-refractivity contribution < 1.29 is 14.6 Å². The highest BCUT2D eigenvalue weighted by Crippen LogP contribution is 2.27. The van der Waals surface area contributed by atoms with Crippen LogP contribution in [0.4, 0.5) is 0 Å². The molecule has 2 aromatic rings. The van der Waals surface area contributed by atoms with Crippen LogP contribution in [0.5, 0.6) is 11.5 Å². The van der Waals surface area contributed by atoms with Gasteiger partial charge in [0.1, 0.15) is 6.61 Å². The number of nitrogens with one attached hydrogen (secondary N) is 1. The summed E-state index contributed by atoms with van der Waals surface area (Å²) in [6.45, 7) is 2.93. The number of rotatable bonds is 10. The zero-order valence-corrected chi connectivity index (χ0v) is 12.9. The van der Waals surface area contributed by atoms with Gasteiger partial charge in [0.25, 0.3) is 0 Å². The maximum atomic E-state index is 8.80. The van der Waals surface area contributed by atoms with Crippen LogP contribution < -0.4 is 14.8 Å². The van der Waals surface area contributed by atoms with Crippen LogP contribution in [0.25, 0.3) is 0 Å². The number of methoxy groups -OCH3 is 1. The van der Waals surface area contributed by atoms with E-state index in [-0.39, 0.29) is 13.2 Å². The molecule has 6 nitrogen and oxygen atoms in total. The molecular formula is C16H23N3O3. The fraction of sp³-hybridized carbons (Fsp3) is 0.438. The first-order valence-electron chi connectivity index (χ1n) is 7.40. The second kappa shape index (κ2) is 9.07. The van der Waals surface area contributed by atoms with Gasteiger partial charge in [0, 0.05) is 25.5 Å². The Morgan fingerprint density at radius 1 is 1.32 bits per heavy atom. The van der Waals surface area contributed by atoms with Crippen molar-refractivity contribution in [3.8, 4) is 11.5 Å². The summed E-state index contributed by atoms with van der Waals surface area (Å²) in [5.74, 6) is 1.34. The number of imidazole rings is 1. The Balaban J connectivity index is 1.75. The van der Waals surface area contributed by atoms with Crippen LogP contribution in [0.3, 0.4) is 0 Å². The van der Waals surface area contributed by atoms with Crippen molar-refractivity contribution in [2.24, 2.45) is 0 Å². The van der Waals surface area contributed by atoms with E-state index in [4.69, 9.17) is 14.6 Å². The Labute approximate surface area is 130 Å². The first-order chi connectivity index (χ1) is 10.8. The second-order valence-corrected chi connectivity index (χ2v) is 4.89. The predicted octanol–water partition coefficient (Wildman–Crippen LogP) is 1.44. The minimum absolute atomic E-state index is 0.0105. The van der Waals surface area contributed by atoms with Crippen LogP contribution in [0.2, 0.25) is 0 Å². The van der Waals surface area contributed by atoms with E-state index in [0.717, 1.165) is 31.6 Å². The Hall–Kier alpha value is -2.05. The number of aliphatic hydroxyl groups is 1. The summed E-state index contributed by atoms with van der Waals surface area (Å²) in [6.07, 6.45) is 6.64. The van der Waals surface area contributed by atoms with Gasteiger partial charge in [-0.05, 0) is 30.7 Å². The lowest BCUT2D eigenvalue weighted by molar-refractivity contribution is 0.196. The van der Waals surface area contributed by atoms with E-state index in [2.05, 4.69) is 14.9 Å². The van der Waals surface area contributed by atoms with Crippen LogP contribution in [-0.4, -0.2) is 41.5 Å². The third-order valence-electron chi connectivity index (χ3n) is 3.24. The van der Waals surface area contributed by atoms with Gasteiger partial charge in [-0.1, -0.05) is 6.07 Å². The van der Waals surface area contributed by atoms with Crippen LogP contribution in [0.1, 0.15) is 12.0 Å². The lowest BCUT2D eigenvalue weighted by atomic mass is 10.2. The molecule has 120 valence electrons. The third-order valence-corrected chi connectivity index (χ3v) is 3.24. The van der Waals surface area contributed by atoms with E-state index in [1.54, 1.807) is 13.3 Å². The van der Waals surface area contributed by atoms with Crippen LogP contribution in [0.15, 0.2) is 36.9 Å². The fourth-order valence-electron chi connectivity index (χ4n) is 2.14. The molecule has 0 aliphatic heterocycles. The van der Waals surface area contributed by atoms with Crippen molar-refractivity contribution in [3.05, 3.63) is 42.5 Å². The van der Waals surface area contributed by atoms with Gasteiger partial charge in [-0.25, -0.2) is 4.98 Å². The van der Waals surface area contributed by atoms with Crippen molar-refractivity contribution >= 4 is 0 Å². The highest BCUT2D eigenvalue weighted by Gasteiger charge is 2.05. The summed E-state index contributed by atoms with van der Waals surface area (Å²) in [7, 11) is 1.61. The lowest BCUT2D eigenvalue weighted by Crippen LogP contribution is -2.16. The molecule has 0 saturated carbocycles. The Morgan fingerprint density at radius 3 is 2.95 bits per heavy atom. The molecule has 0 radical (unpaired) electrons. The number of ether oxygens (including phenoxy) is 2. The molecule has 0 saturated heterocycles. The Kier molecular flexibility index (Phi) is 6.73. The smallest absolute Gasteiger partial charge is 0.161 e. The van der Waals surface area contributed by atoms with Crippen LogP contribution in [-0.2, 0) is 13.1 Å². The minimum Gasteiger partial charge on any atom is -0.493 e. The molecule has 0 aliphatic rings. The van der Waals surface area contributed by atoms with Crippen molar-refractivity contribution in [1.82, 2.24) is 14.9 Å². The maximum absolute atomic E-state index is 8.80. The molecule has 6 heteroatoms. The standard InChI is InChI=1S/C16H23N3O3/c1-21-16-11-14(3-4-15(16)22-10-9-20)12-17-5-2-7-19-8-6-18-13-19/h3-4,6,8,11,13,17,20H,2,5,7,9-10,12H2,1H3. The molecule has 22 heavy (non-hydrogen) atoms. The highest BCUT2D eigenvalue weighted by molar-refractivity contribution is 5.42. The van der Waals surface area contributed by atoms with Gasteiger partial charge >= 0.3 is 0 Å². The van der Waals surface area contributed by atoms with Crippen molar-refractivity contribution in [2.75, 3.05) is 26.9 Å². The summed E-state index contributed by atoms with van der Waals surface area (Å²) < 4.78 is 12.8. The number of hydrogen-bond acceptors (Lipinski definition) is 5. The Bertz CT molecular complexity index is 544. The number of aliphatic hydroxyl groups excluding tert-OH is 1. The molecule has 0 spiro atoms. The monoisotopic (exact) mass is 305 g/mol. The summed E-state index contributed by atoms with van der Waals surface area (Å²) in [5.41, 5.74) is 1.14. The summed E-state index contributed by atoms with van der Waals surface area (Å²) in [6, 6.07) is 5.82. The summed E-state index contributed by atoms with van der Waals surface area (Å²) in [4.78, 5) is 4.02. The molecule has 0 bridgehead atoms. The molecule has 0 aliphatic carbocycles. The van der Waals surface area contributed by atoms with Gasteiger partial charge in [-0.2, -0.15) is 0 Å². The van der Waals surface area contributed by atoms with Gasteiger partial charge in [-0.3, -0.25) is 0 Å². The number of benzene rings is 1. The predicted molar refractivity (Wildman–Crippen MR) is 84.1 cm³/mol. The van der Waals surface area contributed by atoms with Gasteiger partial charge < -0.3 is 24.5 Å². The lowest BCUT2D eigenvalue weighted by Gasteiger charge is -2.12. The first-order valence-corrected chi connectivity index (χ1v) is 7.40. The molecule has 0 amide bonds. The number of nitrogens with zero attached hydrogens (tertiary/aromatic N) is 2. The SMILES string of the molecule is COc1cc(CNCCCn2ccnc2)ccc1OCCO. The van der Waals surface area contributed by atoms with Gasteiger partial charge in [0.2, 0.25) is 0 Å². The average Bonchev–Trinajstić information content (AvgIpc) is 3.06. The average molecular weight is 305 g/mol. The van der Waals surface area contributed by atoms with Crippen LogP contribution >= 0.6 is 0 Å². The molecule has 1 aromatic carbocycles. The normalized spacial score (nSPS) is 10.6. The van der Waals surface area contributed by atoms with Gasteiger partial charge in [-0.15, -0.1) is 0 Å². The molecule has 1 aromatic heterocycles. The molecule has 2 rings (SSSR count). The zero-order chi connectivity index (χ0) is 15.6. The maximum Gasteiger partial charge on any atom is 0.161 e. The van der Waals surface area contributed by atoms with E-state index in [1.807, 2.05) is 30.7 Å². The second-order valence-electron chi connectivity index (χ2n) is 4.89. The zero-order valence-electron chi connectivity index (χ0n) is 12.9. The van der Waals surface area contributed by atoms with E-state index in [0.29, 0.717) is 11.5 Å². The molecule has 1 heterocycles. The molecule has 0 unspecified atom stereocenters. The molecular weight excluding hydrogens is 282 g/mol. The topological polar surface area (TPSA) is 68.5 Å². The van der Waals surface area contributed by atoms with E-state index in [9.17, 15) is 0 Å². The number of aryl methyl sites for hydroxylation is 1.